The third kappa shape index (κ3) is 2.76. The molecule has 1 aliphatic heterocycles. The Kier molecular flexibility index (Phi) is 4.23. The summed E-state index contributed by atoms with van der Waals surface area (Å²) in [7, 11) is 0. The lowest BCUT2D eigenvalue weighted by molar-refractivity contribution is -0.150. The third-order valence-electron chi connectivity index (χ3n) is 5.27. The quantitative estimate of drug-likeness (QED) is 0.930. The van der Waals surface area contributed by atoms with Gasteiger partial charge < -0.3 is 14.6 Å². The van der Waals surface area contributed by atoms with E-state index in [-0.39, 0.29) is 18.0 Å². The van der Waals surface area contributed by atoms with E-state index < -0.39 is 12.0 Å². The summed E-state index contributed by atoms with van der Waals surface area (Å²) < 4.78 is 2.00. The van der Waals surface area contributed by atoms with Crippen molar-refractivity contribution in [3.05, 3.63) is 24.5 Å². The first-order valence-corrected chi connectivity index (χ1v) is 8.24. The van der Waals surface area contributed by atoms with E-state index in [9.17, 15) is 14.7 Å². The molecule has 2 aliphatic rings. The number of rotatable bonds is 4. The molecular formula is C17H24N2O3. The van der Waals surface area contributed by atoms with Crippen molar-refractivity contribution in [1.29, 1.82) is 0 Å². The summed E-state index contributed by atoms with van der Waals surface area (Å²) in [5.74, 6) is -0.486. The molecule has 1 N–H and O–H groups in total. The van der Waals surface area contributed by atoms with Gasteiger partial charge >= 0.3 is 5.97 Å². The van der Waals surface area contributed by atoms with Crippen molar-refractivity contribution in [3.63, 3.8) is 0 Å². The second kappa shape index (κ2) is 6.15. The number of hydrogen-bond donors (Lipinski definition) is 1. The molecule has 1 aliphatic carbocycles. The molecule has 0 spiro atoms. The zero-order valence-corrected chi connectivity index (χ0v) is 13.0. The highest BCUT2D eigenvalue weighted by molar-refractivity contribution is 5.85. The Morgan fingerprint density at radius 2 is 1.91 bits per heavy atom. The molecule has 0 unspecified atom stereocenters. The molecule has 1 saturated carbocycles. The van der Waals surface area contributed by atoms with Gasteiger partial charge in [-0.1, -0.05) is 12.8 Å². The summed E-state index contributed by atoms with van der Waals surface area (Å²) in [4.78, 5) is 26.0. The van der Waals surface area contributed by atoms with Gasteiger partial charge in [0.15, 0.2) is 0 Å². The summed E-state index contributed by atoms with van der Waals surface area (Å²) in [5.41, 5.74) is 0. The number of carbonyl (C=O) groups excluding carboxylic acids is 1. The summed E-state index contributed by atoms with van der Waals surface area (Å²) in [6.45, 7) is 2.00. The van der Waals surface area contributed by atoms with E-state index in [0.717, 1.165) is 25.7 Å². The lowest BCUT2D eigenvalue weighted by Crippen LogP contribution is -2.46. The molecule has 2 heterocycles. The minimum absolute atomic E-state index is 0.0111. The zero-order chi connectivity index (χ0) is 15.7. The van der Waals surface area contributed by atoms with Crippen LogP contribution in [-0.2, 0) is 9.59 Å². The number of nitrogens with zero attached hydrogens (tertiary/aromatic N) is 2. The fourth-order valence-electron chi connectivity index (χ4n) is 4.14. The Bertz CT molecular complexity index is 540. The highest BCUT2D eigenvalue weighted by atomic mass is 16.4. The van der Waals surface area contributed by atoms with Crippen LogP contribution in [0.4, 0.5) is 0 Å². The monoisotopic (exact) mass is 304 g/mol. The number of aromatic nitrogens is 1. The molecule has 1 aromatic rings. The van der Waals surface area contributed by atoms with Gasteiger partial charge in [0.2, 0.25) is 5.91 Å². The van der Waals surface area contributed by atoms with Crippen molar-refractivity contribution in [2.75, 3.05) is 0 Å². The minimum atomic E-state index is -0.851. The fraction of sp³-hybridized carbons (Fsp3) is 0.647. The molecule has 120 valence electrons. The van der Waals surface area contributed by atoms with Crippen LogP contribution in [0.1, 0.15) is 51.5 Å². The Morgan fingerprint density at radius 3 is 2.59 bits per heavy atom. The summed E-state index contributed by atoms with van der Waals surface area (Å²) in [5, 5.41) is 9.50. The van der Waals surface area contributed by atoms with Gasteiger partial charge in [-0.2, -0.15) is 0 Å². The first kappa shape index (κ1) is 15.1. The third-order valence-corrected chi connectivity index (χ3v) is 5.27. The molecular weight excluding hydrogens is 280 g/mol. The Balaban J connectivity index is 1.74. The van der Waals surface area contributed by atoms with Crippen molar-refractivity contribution in [1.82, 2.24) is 9.47 Å². The van der Waals surface area contributed by atoms with E-state index in [1.807, 2.05) is 36.0 Å². The maximum Gasteiger partial charge on any atom is 0.326 e. The second-order valence-corrected chi connectivity index (χ2v) is 6.69. The van der Waals surface area contributed by atoms with Gasteiger partial charge in [-0.05, 0) is 44.2 Å². The van der Waals surface area contributed by atoms with E-state index in [4.69, 9.17) is 0 Å². The van der Waals surface area contributed by atoms with Crippen LogP contribution >= 0.6 is 0 Å². The molecule has 1 aromatic heterocycles. The van der Waals surface area contributed by atoms with E-state index in [1.54, 1.807) is 4.90 Å². The summed E-state index contributed by atoms with van der Waals surface area (Å²) >= 11 is 0. The average molecular weight is 304 g/mol. The molecule has 2 fully saturated rings. The van der Waals surface area contributed by atoms with Gasteiger partial charge in [0.25, 0.3) is 0 Å². The normalized spacial score (nSPS) is 29.1. The molecule has 0 radical (unpaired) electrons. The van der Waals surface area contributed by atoms with Crippen molar-refractivity contribution in [2.24, 2.45) is 5.92 Å². The van der Waals surface area contributed by atoms with Crippen LogP contribution in [0.2, 0.25) is 0 Å². The zero-order valence-electron chi connectivity index (χ0n) is 13.0. The van der Waals surface area contributed by atoms with Crippen molar-refractivity contribution >= 4 is 11.9 Å². The van der Waals surface area contributed by atoms with Crippen molar-refractivity contribution in [3.8, 4) is 0 Å². The molecule has 3 rings (SSSR count). The number of carboxylic acid groups (broad SMARTS) is 1. The molecule has 5 nitrogen and oxygen atoms in total. The van der Waals surface area contributed by atoms with Crippen LogP contribution in [0.25, 0.3) is 0 Å². The molecule has 1 amide bonds. The van der Waals surface area contributed by atoms with Crippen LogP contribution in [0.3, 0.4) is 0 Å². The highest BCUT2D eigenvalue weighted by Gasteiger charge is 2.47. The maximum atomic E-state index is 12.8. The highest BCUT2D eigenvalue weighted by Crippen LogP contribution is 2.40. The number of aliphatic carboxylic acids is 1. The van der Waals surface area contributed by atoms with Gasteiger partial charge in [0.05, 0.1) is 0 Å². The Labute approximate surface area is 130 Å². The second-order valence-electron chi connectivity index (χ2n) is 6.69. The SMILES string of the molecule is C[C@H](CC(=O)N1[C@@H]2CCCC[C@@H]2C[C@H]1C(=O)O)n1cccc1. The number of carbonyl (C=O) groups is 2. The Hall–Kier alpha value is -1.78. The van der Waals surface area contributed by atoms with Crippen LogP contribution < -0.4 is 0 Å². The lowest BCUT2D eigenvalue weighted by Gasteiger charge is -2.33. The topological polar surface area (TPSA) is 62.5 Å². The minimum Gasteiger partial charge on any atom is -0.480 e. The molecule has 22 heavy (non-hydrogen) atoms. The number of fused-ring (bicyclic) bond motifs is 1. The average Bonchev–Trinajstić information content (AvgIpc) is 3.14. The van der Waals surface area contributed by atoms with Crippen molar-refractivity contribution < 1.29 is 14.7 Å². The number of hydrogen-bond acceptors (Lipinski definition) is 2. The van der Waals surface area contributed by atoms with E-state index >= 15 is 0 Å². The number of carboxylic acids is 1. The predicted molar refractivity (Wildman–Crippen MR) is 82.4 cm³/mol. The largest absolute Gasteiger partial charge is 0.480 e. The van der Waals surface area contributed by atoms with Gasteiger partial charge in [-0.3, -0.25) is 4.79 Å². The van der Waals surface area contributed by atoms with Gasteiger partial charge in [0.1, 0.15) is 6.04 Å². The number of likely N-dealkylation sites (tertiary alicyclic amines) is 1. The first-order valence-electron chi connectivity index (χ1n) is 8.24. The first-order chi connectivity index (χ1) is 10.6. The van der Waals surface area contributed by atoms with Crippen molar-refractivity contribution in [2.45, 2.75) is 63.6 Å². The molecule has 4 atom stereocenters. The predicted octanol–water partition coefficient (Wildman–Crippen LogP) is 2.68. The molecule has 0 bridgehead atoms. The van der Waals surface area contributed by atoms with Crippen LogP contribution in [0.15, 0.2) is 24.5 Å². The van der Waals surface area contributed by atoms with Crippen LogP contribution in [0, 0.1) is 5.92 Å². The van der Waals surface area contributed by atoms with E-state index in [1.165, 1.54) is 0 Å². The standard InChI is InChI=1S/C17H24N2O3/c1-12(18-8-4-5-9-18)10-16(20)19-14-7-3-2-6-13(14)11-15(19)17(21)22/h4-5,8-9,12-15H,2-3,6-7,10-11H2,1H3,(H,21,22)/t12-,13-,14-,15+/m1/s1. The summed E-state index contributed by atoms with van der Waals surface area (Å²) in [6, 6.07) is 3.44. The fourth-order valence-corrected chi connectivity index (χ4v) is 4.14. The van der Waals surface area contributed by atoms with Gasteiger partial charge in [-0.15, -0.1) is 0 Å². The van der Waals surface area contributed by atoms with E-state index in [0.29, 0.717) is 18.8 Å². The smallest absolute Gasteiger partial charge is 0.326 e. The molecule has 1 saturated heterocycles. The Morgan fingerprint density at radius 1 is 1.23 bits per heavy atom. The lowest BCUT2D eigenvalue weighted by atomic mass is 9.84. The molecule has 5 heteroatoms. The summed E-state index contributed by atoms with van der Waals surface area (Å²) in [6.07, 6.45) is 9.16. The van der Waals surface area contributed by atoms with Crippen LogP contribution in [-0.4, -0.2) is 38.5 Å². The van der Waals surface area contributed by atoms with Gasteiger partial charge in [0, 0.05) is 30.9 Å². The van der Waals surface area contributed by atoms with Crippen LogP contribution in [0.5, 0.6) is 0 Å². The van der Waals surface area contributed by atoms with Gasteiger partial charge in [-0.25, -0.2) is 4.79 Å². The molecule has 0 aromatic carbocycles. The van der Waals surface area contributed by atoms with E-state index in [2.05, 4.69) is 0 Å². The number of amides is 1. The maximum absolute atomic E-state index is 12.8.